The van der Waals surface area contributed by atoms with Crippen LogP contribution >= 0.6 is 11.6 Å². The average Bonchev–Trinajstić information content (AvgIpc) is 3.29. The van der Waals surface area contributed by atoms with Crippen molar-refractivity contribution in [2.45, 2.75) is 68.6 Å². The fourth-order valence-corrected chi connectivity index (χ4v) is 11.0. The molecule has 6 atom stereocenters. The molecule has 7 rings (SSSR count). The van der Waals surface area contributed by atoms with Crippen LogP contribution < -0.4 is 14.4 Å². The molecule has 1 amide bonds. The third-order valence-corrected chi connectivity index (χ3v) is 15.3. The number of aryl methyl sites for hydroxylation is 1. The largest absolute Gasteiger partial charge is 0.490 e. The molecule has 1 saturated heterocycles. The van der Waals surface area contributed by atoms with E-state index in [1.54, 1.807) is 20.1 Å². The van der Waals surface area contributed by atoms with Gasteiger partial charge in [-0.1, -0.05) is 36.7 Å². The number of piperazine rings is 1. The molecule has 0 aromatic heterocycles. The molecule has 0 radical (unpaired) electrons. The first-order valence-corrected chi connectivity index (χ1v) is 21.4. The maximum Gasteiger partial charge on any atom is 0.319 e. The molecule has 1 N–H and O–H groups in total. The Morgan fingerprint density at radius 2 is 1.83 bits per heavy atom. The highest BCUT2D eigenvalue weighted by Gasteiger charge is 2.50. The van der Waals surface area contributed by atoms with Gasteiger partial charge in [-0.05, 0) is 105 Å². The number of anilines is 1. The molecule has 1 unspecified atom stereocenters. The van der Waals surface area contributed by atoms with E-state index in [0.717, 1.165) is 75.5 Å². The third kappa shape index (κ3) is 7.78. The molecule has 1 saturated carbocycles. The number of benzene rings is 2. The molecule has 294 valence electrons. The molecule has 2 aromatic rings. The molecular weight excluding hydrogens is 728 g/mol. The summed E-state index contributed by atoms with van der Waals surface area (Å²) in [4.78, 5) is 32.6. The van der Waals surface area contributed by atoms with Gasteiger partial charge in [0, 0.05) is 68.9 Å². The first-order valence-electron chi connectivity index (χ1n) is 19.5. The zero-order chi connectivity index (χ0) is 38.3. The van der Waals surface area contributed by atoms with Crippen molar-refractivity contribution >= 4 is 39.2 Å². The molecule has 2 bridgehead atoms. The Labute approximate surface area is 325 Å². The summed E-state index contributed by atoms with van der Waals surface area (Å²) < 4.78 is 47.8. The van der Waals surface area contributed by atoms with Crippen LogP contribution in [-0.2, 0) is 36.1 Å². The third-order valence-electron chi connectivity index (χ3n) is 13.1. The fourth-order valence-electron chi connectivity index (χ4n) is 9.51. The van der Waals surface area contributed by atoms with Crippen molar-refractivity contribution in [3.05, 3.63) is 70.3 Å². The van der Waals surface area contributed by atoms with Crippen molar-refractivity contribution < 1.29 is 32.2 Å². The quantitative estimate of drug-likeness (QED) is 0.326. The van der Waals surface area contributed by atoms with Crippen molar-refractivity contribution in [2.75, 3.05) is 78.1 Å². The molecule has 11 nitrogen and oxygen atoms in total. The number of methoxy groups -OCH3 is 2. The number of ether oxygens (including phenoxy) is 3. The Kier molecular flexibility index (Phi) is 11.4. The van der Waals surface area contributed by atoms with E-state index in [9.17, 15) is 18.0 Å². The molecular formula is C41H55ClN4O7S. The van der Waals surface area contributed by atoms with E-state index in [1.807, 2.05) is 25.1 Å². The van der Waals surface area contributed by atoms with Crippen LogP contribution in [0.4, 0.5) is 5.69 Å². The lowest BCUT2D eigenvalue weighted by Crippen LogP contribution is -2.59. The molecule has 2 fully saturated rings. The van der Waals surface area contributed by atoms with E-state index in [4.69, 9.17) is 25.8 Å². The number of allylic oxidation sites excluding steroid dienone is 1. The minimum atomic E-state index is -3.98. The van der Waals surface area contributed by atoms with Crippen molar-refractivity contribution in [1.29, 1.82) is 0 Å². The Hall–Kier alpha value is -3.16. The monoisotopic (exact) mass is 782 g/mol. The molecule has 3 heterocycles. The molecule has 2 aliphatic carbocycles. The predicted molar refractivity (Wildman–Crippen MR) is 210 cm³/mol. The summed E-state index contributed by atoms with van der Waals surface area (Å²) in [5.74, 6) is 0.0527. The van der Waals surface area contributed by atoms with Crippen LogP contribution in [0.25, 0.3) is 0 Å². The number of hydrogen-bond donors (Lipinski definition) is 1. The van der Waals surface area contributed by atoms with E-state index in [1.165, 1.54) is 18.2 Å². The van der Waals surface area contributed by atoms with Crippen LogP contribution in [0.2, 0.25) is 5.02 Å². The number of carbonyl (C=O) groups excluding carboxylic acids is 2. The summed E-state index contributed by atoms with van der Waals surface area (Å²) in [7, 11) is -0.758. The van der Waals surface area contributed by atoms with E-state index in [-0.39, 0.29) is 41.2 Å². The lowest BCUT2D eigenvalue weighted by Gasteiger charge is -2.52. The predicted octanol–water partition coefficient (Wildman–Crippen LogP) is 5.06. The van der Waals surface area contributed by atoms with Crippen LogP contribution in [0, 0.1) is 17.8 Å². The maximum absolute atomic E-state index is 13.6. The second-order valence-electron chi connectivity index (χ2n) is 16.3. The maximum atomic E-state index is 13.6. The van der Waals surface area contributed by atoms with Crippen LogP contribution in [0.1, 0.15) is 67.4 Å². The number of nitrogens with one attached hydrogen (secondary N) is 1. The van der Waals surface area contributed by atoms with Crippen LogP contribution in [0.3, 0.4) is 0 Å². The molecule has 13 heteroatoms. The van der Waals surface area contributed by atoms with E-state index in [2.05, 4.69) is 43.7 Å². The first-order chi connectivity index (χ1) is 25.8. The molecule has 5 aliphatic rings. The Morgan fingerprint density at radius 1 is 1.06 bits per heavy atom. The summed E-state index contributed by atoms with van der Waals surface area (Å²) >= 11 is 6.49. The minimum absolute atomic E-state index is 0.198. The van der Waals surface area contributed by atoms with Gasteiger partial charge in [0.25, 0.3) is 5.91 Å². The zero-order valence-corrected chi connectivity index (χ0v) is 33.6. The Balaban J connectivity index is 1.26. The summed E-state index contributed by atoms with van der Waals surface area (Å²) in [5, 5.41) is -0.0789. The number of esters is 1. The molecule has 1 spiro atoms. The van der Waals surface area contributed by atoms with Gasteiger partial charge in [-0.3, -0.25) is 19.4 Å². The Morgan fingerprint density at radius 3 is 2.56 bits per heavy atom. The van der Waals surface area contributed by atoms with Gasteiger partial charge in [0.2, 0.25) is 10.0 Å². The number of rotatable bonds is 5. The number of carbonyl (C=O) groups is 2. The number of fused-ring (bicyclic) bond motifs is 4. The number of sulfonamides is 1. The minimum Gasteiger partial charge on any atom is -0.490 e. The zero-order valence-electron chi connectivity index (χ0n) is 32.0. The number of nitrogens with zero attached hydrogens (tertiary/aromatic N) is 3. The van der Waals surface area contributed by atoms with Crippen molar-refractivity contribution in [3.63, 3.8) is 0 Å². The highest BCUT2D eigenvalue weighted by molar-refractivity contribution is 7.90. The SMILES string of the molecule is COC(=O)CN1CCN(CC2(OC)/C=C/C[C@H](C)[C@@H](C)S(=O)(=O)NC(=O)c3ccc4c(c3)N(C[C@@H]3CC[C@H]32)C[C@@]2(CCCc3cc(Cl)ccc32)CO4)CC1. The summed E-state index contributed by atoms with van der Waals surface area (Å²) in [6, 6.07) is 11.5. The number of halogens is 1. The van der Waals surface area contributed by atoms with Crippen LogP contribution in [-0.4, -0.2) is 114 Å². The second kappa shape index (κ2) is 15.8. The molecule has 2 aromatic carbocycles. The van der Waals surface area contributed by atoms with Gasteiger partial charge in [-0.15, -0.1) is 0 Å². The van der Waals surface area contributed by atoms with Gasteiger partial charge < -0.3 is 19.1 Å². The van der Waals surface area contributed by atoms with Gasteiger partial charge in [0.05, 0.1) is 31.2 Å². The first kappa shape index (κ1) is 39.1. The van der Waals surface area contributed by atoms with Crippen LogP contribution in [0.5, 0.6) is 5.75 Å². The highest BCUT2D eigenvalue weighted by atomic mass is 35.5. The van der Waals surface area contributed by atoms with E-state index in [0.29, 0.717) is 31.9 Å². The summed E-state index contributed by atoms with van der Waals surface area (Å²) in [6.07, 6.45) is 9.77. The van der Waals surface area contributed by atoms with Gasteiger partial charge in [-0.2, -0.15) is 0 Å². The van der Waals surface area contributed by atoms with Gasteiger partial charge in [0.15, 0.2) is 0 Å². The fraction of sp³-hybridized carbons (Fsp3) is 0.610. The molecule has 54 heavy (non-hydrogen) atoms. The second-order valence-corrected chi connectivity index (χ2v) is 18.8. The summed E-state index contributed by atoms with van der Waals surface area (Å²) in [6.45, 7) is 9.56. The average molecular weight is 783 g/mol. The van der Waals surface area contributed by atoms with Gasteiger partial charge >= 0.3 is 5.97 Å². The van der Waals surface area contributed by atoms with Gasteiger partial charge in [0.1, 0.15) is 11.4 Å². The van der Waals surface area contributed by atoms with E-state index >= 15 is 0 Å². The van der Waals surface area contributed by atoms with Crippen molar-refractivity contribution in [1.82, 2.24) is 14.5 Å². The van der Waals surface area contributed by atoms with Gasteiger partial charge in [-0.25, -0.2) is 13.1 Å². The number of amides is 1. The number of hydrogen-bond acceptors (Lipinski definition) is 10. The lowest BCUT2D eigenvalue weighted by atomic mass is 9.63. The standard InChI is InChI=1S/C41H55ClN4O7S/c1-28-7-5-16-41(52-4,26-45-19-17-44(18-20-45)24-38(47)51-3)35-12-9-32(35)23-46-25-40(15-6-8-30-21-33(42)11-13-34(30)40)27-53-37-14-10-31(22-36(37)46)39(48)43-54(49,50)29(28)2/h5,10-11,13-14,16,21-22,28-29,32,35H,6-9,12,15,17-20,23-27H2,1-4H3,(H,43,48)/b16-5+/t28-,29+,32-,35+,40-,41?/m0/s1. The Bertz CT molecular complexity index is 1870. The van der Waals surface area contributed by atoms with Crippen LogP contribution in [0.15, 0.2) is 48.6 Å². The highest BCUT2D eigenvalue weighted by Crippen LogP contribution is 2.49. The summed E-state index contributed by atoms with van der Waals surface area (Å²) in [5.41, 5.74) is 2.69. The lowest BCUT2D eigenvalue weighted by molar-refractivity contribution is -0.142. The smallest absolute Gasteiger partial charge is 0.319 e. The molecule has 3 aliphatic heterocycles. The topological polar surface area (TPSA) is 118 Å². The normalized spacial score (nSPS) is 32.2. The van der Waals surface area contributed by atoms with Crippen molar-refractivity contribution in [3.8, 4) is 5.75 Å². The van der Waals surface area contributed by atoms with Crippen molar-refractivity contribution in [2.24, 2.45) is 17.8 Å². The van der Waals surface area contributed by atoms with E-state index < -0.39 is 26.8 Å².